The van der Waals surface area contributed by atoms with Crippen LogP contribution >= 0.6 is 23.2 Å². The minimum absolute atomic E-state index is 0.214. The highest BCUT2D eigenvalue weighted by molar-refractivity contribution is 6.42. The second kappa shape index (κ2) is 7.90. The van der Waals surface area contributed by atoms with Crippen LogP contribution in [0.2, 0.25) is 10.0 Å². The quantitative estimate of drug-likeness (QED) is 0.753. The number of carbonyl (C=O) groups excluding carboxylic acids is 2. The SMILES string of the molecule is COC(=O)C1=C(c2ccc(OC)cc2)NC(=O)NC1c1cccc(Cl)c1Cl. The number of esters is 1. The number of hydrogen-bond donors (Lipinski definition) is 2. The number of benzene rings is 2. The number of hydrogen-bond acceptors (Lipinski definition) is 4. The predicted molar refractivity (Wildman–Crippen MR) is 103 cm³/mol. The van der Waals surface area contributed by atoms with E-state index in [0.29, 0.717) is 27.6 Å². The molecule has 0 saturated carbocycles. The Kier molecular flexibility index (Phi) is 5.58. The topological polar surface area (TPSA) is 76.7 Å². The van der Waals surface area contributed by atoms with Crippen molar-refractivity contribution in [1.29, 1.82) is 0 Å². The maximum atomic E-state index is 12.6. The van der Waals surface area contributed by atoms with E-state index in [1.165, 1.54) is 7.11 Å². The van der Waals surface area contributed by atoms with Gasteiger partial charge in [-0.15, -0.1) is 0 Å². The smallest absolute Gasteiger partial charge is 0.338 e. The van der Waals surface area contributed by atoms with Gasteiger partial charge in [-0.25, -0.2) is 9.59 Å². The molecule has 1 aliphatic heterocycles. The van der Waals surface area contributed by atoms with Gasteiger partial charge >= 0.3 is 12.0 Å². The number of rotatable bonds is 4. The summed E-state index contributed by atoms with van der Waals surface area (Å²) in [6.45, 7) is 0. The highest BCUT2D eigenvalue weighted by Crippen LogP contribution is 2.37. The first-order chi connectivity index (χ1) is 13.0. The van der Waals surface area contributed by atoms with Crippen LogP contribution in [0.25, 0.3) is 5.70 Å². The molecule has 2 aromatic carbocycles. The Morgan fingerprint density at radius 1 is 1.07 bits per heavy atom. The fraction of sp³-hybridized carbons (Fsp3) is 0.158. The molecule has 0 fully saturated rings. The monoisotopic (exact) mass is 406 g/mol. The summed E-state index contributed by atoms with van der Waals surface area (Å²) in [7, 11) is 2.83. The Bertz CT molecular complexity index is 926. The highest BCUT2D eigenvalue weighted by atomic mass is 35.5. The van der Waals surface area contributed by atoms with Crippen LogP contribution in [0.4, 0.5) is 4.79 Å². The molecule has 1 aliphatic rings. The van der Waals surface area contributed by atoms with E-state index in [0.717, 1.165) is 0 Å². The second-order valence-electron chi connectivity index (χ2n) is 5.68. The van der Waals surface area contributed by atoms with Gasteiger partial charge in [0.2, 0.25) is 0 Å². The third-order valence-electron chi connectivity index (χ3n) is 4.15. The lowest BCUT2D eigenvalue weighted by Crippen LogP contribution is -2.45. The molecule has 0 spiro atoms. The van der Waals surface area contributed by atoms with Crippen LogP contribution in [-0.4, -0.2) is 26.2 Å². The van der Waals surface area contributed by atoms with Crippen molar-refractivity contribution in [3.05, 3.63) is 69.2 Å². The van der Waals surface area contributed by atoms with E-state index in [4.69, 9.17) is 32.7 Å². The summed E-state index contributed by atoms with van der Waals surface area (Å²) in [6, 6.07) is 10.6. The zero-order chi connectivity index (χ0) is 19.6. The second-order valence-corrected chi connectivity index (χ2v) is 6.47. The summed E-state index contributed by atoms with van der Waals surface area (Å²) < 4.78 is 10.1. The third kappa shape index (κ3) is 3.72. The van der Waals surface area contributed by atoms with E-state index in [1.54, 1.807) is 49.6 Å². The molecule has 8 heteroatoms. The normalized spacial score (nSPS) is 16.4. The maximum absolute atomic E-state index is 12.6. The van der Waals surface area contributed by atoms with Gasteiger partial charge in [-0.1, -0.05) is 35.3 Å². The molecule has 0 aromatic heterocycles. The molecule has 0 radical (unpaired) electrons. The fourth-order valence-corrected chi connectivity index (χ4v) is 3.27. The number of urea groups is 1. The van der Waals surface area contributed by atoms with Gasteiger partial charge in [-0.2, -0.15) is 0 Å². The number of ether oxygens (including phenoxy) is 2. The van der Waals surface area contributed by atoms with E-state index in [1.807, 2.05) is 0 Å². The molecule has 1 unspecified atom stereocenters. The maximum Gasteiger partial charge on any atom is 0.338 e. The Morgan fingerprint density at radius 3 is 2.41 bits per heavy atom. The number of nitrogens with one attached hydrogen (secondary N) is 2. The van der Waals surface area contributed by atoms with Crippen molar-refractivity contribution in [1.82, 2.24) is 10.6 Å². The molecule has 0 aliphatic carbocycles. The van der Waals surface area contributed by atoms with Crippen LogP contribution in [0, 0.1) is 0 Å². The molecule has 27 heavy (non-hydrogen) atoms. The summed E-state index contributed by atoms with van der Waals surface area (Å²) in [5, 5.41) is 5.96. The molecule has 140 valence electrons. The van der Waals surface area contributed by atoms with Crippen molar-refractivity contribution in [3.8, 4) is 5.75 Å². The van der Waals surface area contributed by atoms with Crippen molar-refractivity contribution < 1.29 is 19.1 Å². The molecule has 1 heterocycles. The zero-order valence-electron chi connectivity index (χ0n) is 14.5. The van der Waals surface area contributed by atoms with Crippen molar-refractivity contribution in [3.63, 3.8) is 0 Å². The van der Waals surface area contributed by atoms with Crippen molar-refractivity contribution >= 4 is 40.9 Å². The van der Waals surface area contributed by atoms with E-state index in [2.05, 4.69) is 10.6 Å². The van der Waals surface area contributed by atoms with Crippen molar-refractivity contribution in [2.24, 2.45) is 0 Å². The Hall–Kier alpha value is -2.70. The first kappa shape index (κ1) is 19.1. The average molecular weight is 407 g/mol. The van der Waals surface area contributed by atoms with Gasteiger partial charge in [0.15, 0.2) is 0 Å². The Morgan fingerprint density at radius 2 is 1.78 bits per heavy atom. The number of amides is 2. The highest BCUT2D eigenvalue weighted by Gasteiger charge is 2.35. The molecule has 2 aromatic rings. The van der Waals surface area contributed by atoms with Crippen molar-refractivity contribution in [2.75, 3.05) is 14.2 Å². The van der Waals surface area contributed by atoms with Crippen LogP contribution in [-0.2, 0) is 9.53 Å². The first-order valence-corrected chi connectivity index (χ1v) is 8.70. The minimum Gasteiger partial charge on any atom is -0.497 e. The van der Waals surface area contributed by atoms with Gasteiger partial charge in [0, 0.05) is 0 Å². The van der Waals surface area contributed by atoms with Gasteiger partial charge in [-0.3, -0.25) is 0 Å². The third-order valence-corrected chi connectivity index (χ3v) is 4.98. The molecular formula is C19H16Cl2N2O4. The van der Waals surface area contributed by atoms with Crippen LogP contribution in [0.5, 0.6) is 5.75 Å². The largest absolute Gasteiger partial charge is 0.497 e. The van der Waals surface area contributed by atoms with Gasteiger partial charge in [-0.05, 0) is 41.5 Å². The lowest BCUT2D eigenvalue weighted by atomic mass is 9.92. The van der Waals surface area contributed by atoms with Crippen LogP contribution in [0.3, 0.4) is 0 Å². The van der Waals surface area contributed by atoms with Gasteiger partial charge in [0.25, 0.3) is 0 Å². The number of carbonyl (C=O) groups is 2. The van der Waals surface area contributed by atoms with E-state index < -0.39 is 18.0 Å². The summed E-state index contributed by atoms with van der Waals surface area (Å²) in [5.74, 6) is 0.0445. The number of methoxy groups -OCH3 is 2. The van der Waals surface area contributed by atoms with Gasteiger partial charge < -0.3 is 20.1 Å². The van der Waals surface area contributed by atoms with Gasteiger partial charge in [0.05, 0.1) is 41.6 Å². The minimum atomic E-state index is -0.825. The number of halogens is 2. The average Bonchev–Trinajstić information content (AvgIpc) is 2.69. The summed E-state index contributed by atoms with van der Waals surface area (Å²) in [4.78, 5) is 24.9. The van der Waals surface area contributed by atoms with Crippen LogP contribution in [0.15, 0.2) is 48.0 Å². The molecule has 3 rings (SSSR count). The lowest BCUT2D eigenvalue weighted by Gasteiger charge is -2.30. The standard InChI is InChI=1S/C19H16Cl2N2O4/c1-26-11-8-6-10(7-9-11)16-14(18(24)27-2)17(23-19(25)22-16)12-4-3-5-13(20)15(12)21/h3-9,17H,1-2H3,(H2,22,23,25). The van der Waals surface area contributed by atoms with Crippen molar-refractivity contribution in [2.45, 2.75) is 6.04 Å². The molecular weight excluding hydrogens is 391 g/mol. The molecule has 6 nitrogen and oxygen atoms in total. The van der Waals surface area contributed by atoms with Crippen LogP contribution in [0.1, 0.15) is 17.2 Å². The lowest BCUT2D eigenvalue weighted by molar-refractivity contribution is -0.136. The molecule has 1 atom stereocenters. The molecule has 2 amide bonds. The fourth-order valence-electron chi connectivity index (χ4n) is 2.86. The summed E-state index contributed by atoms with van der Waals surface area (Å²) in [6.07, 6.45) is 0. The summed E-state index contributed by atoms with van der Waals surface area (Å²) in [5.41, 5.74) is 1.65. The van der Waals surface area contributed by atoms with E-state index in [9.17, 15) is 9.59 Å². The Balaban J connectivity index is 2.21. The summed E-state index contributed by atoms with van der Waals surface area (Å²) >= 11 is 12.4. The first-order valence-electron chi connectivity index (χ1n) is 7.94. The predicted octanol–water partition coefficient (Wildman–Crippen LogP) is 3.94. The van der Waals surface area contributed by atoms with E-state index >= 15 is 0 Å². The molecule has 0 bridgehead atoms. The van der Waals surface area contributed by atoms with Crippen LogP contribution < -0.4 is 15.4 Å². The zero-order valence-corrected chi connectivity index (χ0v) is 16.0. The molecule has 2 N–H and O–H groups in total. The molecule has 0 saturated heterocycles. The van der Waals surface area contributed by atoms with Gasteiger partial charge in [0.1, 0.15) is 5.75 Å². The van der Waals surface area contributed by atoms with E-state index in [-0.39, 0.29) is 10.6 Å². The Labute approximate surface area is 166 Å².